The van der Waals surface area contributed by atoms with Crippen LogP contribution in [0.5, 0.6) is 0 Å². The van der Waals surface area contributed by atoms with E-state index in [2.05, 4.69) is 15.3 Å². The van der Waals surface area contributed by atoms with E-state index < -0.39 is 6.43 Å². The van der Waals surface area contributed by atoms with Gasteiger partial charge in [0.05, 0.1) is 24.9 Å². The summed E-state index contributed by atoms with van der Waals surface area (Å²) in [6.45, 7) is 4.16. The van der Waals surface area contributed by atoms with E-state index in [1.807, 2.05) is 6.92 Å². The smallest absolute Gasteiger partial charge is 0.264 e. The van der Waals surface area contributed by atoms with Crippen LogP contribution in [0.3, 0.4) is 0 Å². The van der Waals surface area contributed by atoms with E-state index >= 15 is 0 Å². The predicted molar refractivity (Wildman–Crippen MR) is 135 cm³/mol. The summed E-state index contributed by atoms with van der Waals surface area (Å²) in [6, 6.07) is 4.62. The van der Waals surface area contributed by atoms with Gasteiger partial charge >= 0.3 is 0 Å². The summed E-state index contributed by atoms with van der Waals surface area (Å²) in [7, 11) is 1.54. The topological polar surface area (TPSA) is 118 Å². The van der Waals surface area contributed by atoms with Crippen LogP contribution in [0.4, 0.5) is 14.5 Å². The molecular weight excluding hydrogens is 454 g/mol. The summed E-state index contributed by atoms with van der Waals surface area (Å²) >= 11 is 0. The minimum atomic E-state index is -2.74. The molecule has 10 heteroatoms. The summed E-state index contributed by atoms with van der Waals surface area (Å²) in [6.07, 6.45) is 2.64. The van der Waals surface area contributed by atoms with Crippen LogP contribution in [0.25, 0.3) is 5.57 Å². The second-order valence-electron chi connectivity index (χ2n) is 8.56. The Kier molecular flexibility index (Phi) is 9.36. The minimum absolute atomic E-state index is 0.0593. The number of aliphatic imine (C=N–C) groups is 2. The minimum Gasteiger partial charge on any atom is -0.404 e. The summed E-state index contributed by atoms with van der Waals surface area (Å²) in [4.78, 5) is 22.7. The molecule has 0 aromatic heterocycles. The van der Waals surface area contributed by atoms with Crippen LogP contribution in [-0.4, -0.2) is 62.3 Å². The van der Waals surface area contributed by atoms with E-state index in [9.17, 15) is 13.6 Å². The van der Waals surface area contributed by atoms with E-state index in [-0.39, 0.29) is 28.9 Å². The first-order valence-electron chi connectivity index (χ1n) is 11.8. The molecule has 0 bridgehead atoms. The van der Waals surface area contributed by atoms with Gasteiger partial charge in [-0.15, -0.1) is 0 Å². The van der Waals surface area contributed by atoms with Gasteiger partial charge in [0.2, 0.25) is 5.91 Å². The molecule has 2 aliphatic rings. The summed E-state index contributed by atoms with van der Waals surface area (Å²) in [5.74, 6) is 0.252. The van der Waals surface area contributed by atoms with E-state index in [4.69, 9.17) is 16.2 Å². The van der Waals surface area contributed by atoms with E-state index in [1.54, 1.807) is 18.0 Å². The number of rotatable bonds is 9. The van der Waals surface area contributed by atoms with Gasteiger partial charge in [-0.25, -0.2) is 13.8 Å². The third-order valence-corrected chi connectivity index (χ3v) is 6.06. The van der Waals surface area contributed by atoms with Crippen molar-refractivity contribution in [2.75, 3.05) is 33.4 Å². The van der Waals surface area contributed by atoms with Gasteiger partial charge in [-0.3, -0.25) is 9.79 Å². The van der Waals surface area contributed by atoms with Crippen LogP contribution in [0.2, 0.25) is 0 Å². The van der Waals surface area contributed by atoms with Crippen LogP contribution in [0.1, 0.15) is 50.2 Å². The van der Waals surface area contributed by atoms with Gasteiger partial charge in [0, 0.05) is 67.9 Å². The Labute approximate surface area is 204 Å². The van der Waals surface area contributed by atoms with Crippen molar-refractivity contribution < 1.29 is 18.3 Å². The molecule has 35 heavy (non-hydrogen) atoms. The second-order valence-corrected chi connectivity index (χ2v) is 8.56. The number of hydrogen-bond acceptors (Lipinski definition) is 6. The fraction of sp³-hybridized carbons (Fsp3) is 0.480. The highest BCUT2D eigenvalue weighted by Gasteiger charge is 2.27. The molecule has 1 unspecified atom stereocenters. The Bertz CT molecular complexity index is 1030. The lowest BCUT2D eigenvalue weighted by Gasteiger charge is -2.32. The first-order valence-corrected chi connectivity index (χ1v) is 11.8. The lowest BCUT2D eigenvalue weighted by molar-refractivity contribution is -0.131. The number of allylic oxidation sites excluding steroid dienone is 1. The third kappa shape index (κ3) is 6.66. The zero-order chi connectivity index (χ0) is 25.4. The molecular formula is C25H34F2N6O2. The standard InChI is InChI=1S/C25H34F2N6O2/c1-3-4-23(34)33-9-7-22(31-18-8-10-35-15-18)21(14-33)25(29)32-17-5-6-19(16(12-28)13-30-2)20(11-17)24(26)27/h5-6,11-13,18,24,31H,3-4,7-10,14-15,28H2,1-2H3,(H2,29,32). The fourth-order valence-corrected chi connectivity index (χ4v) is 4.25. The lowest BCUT2D eigenvalue weighted by Crippen LogP contribution is -2.43. The molecule has 1 amide bonds. The number of ether oxygens (including phenoxy) is 1. The molecule has 5 N–H and O–H groups in total. The Balaban J connectivity index is 1.96. The van der Waals surface area contributed by atoms with Crippen LogP contribution in [0, 0.1) is 0 Å². The third-order valence-electron chi connectivity index (χ3n) is 6.06. The quantitative estimate of drug-likeness (QED) is 0.364. The van der Waals surface area contributed by atoms with Crippen molar-refractivity contribution in [1.29, 1.82) is 0 Å². The first-order chi connectivity index (χ1) is 16.9. The predicted octanol–water partition coefficient (Wildman–Crippen LogP) is 3.28. The average molecular weight is 489 g/mol. The summed E-state index contributed by atoms with van der Waals surface area (Å²) in [5, 5.41) is 3.50. The maximum Gasteiger partial charge on any atom is 0.264 e. The van der Waals surface area contributed by atoms with Crippen LogP contribution < -0.4 is 16.8 Å². The molecule has 1 aromatic carbocycles. The van der Waals surface area contributed by atoms with Crippen molar-refractivity contribution in [1.82, 2.24) is 10.2 Å². The number of carbonyl (C=O) groups excluding carboxylic acids is 1. The van der Waals surface area contributed by atoms with Gasteiger partial charge in [-0.1, -0.05) is 13.0 Å². The van der Waals surface area contributed by atoms with Crippen LogP contribution >= 0.6 is 0 Å². The van der Waals surface area contributed by atoms with Gasteiger partial charge in [0.25, 0.3) is 6.43 Å². The average Bonchev–Trinajstić information content (AvgIpc) is 3.36. The number of amidine groups is 1. The first kappa shape index (κ1) is 26.3. The number of nitrogens with zero attached hydrogens (tertiary/aromatic N) is 3. The van der Waals surface area contributed by atoms with E-state index in [0.29, 0.717) is 56.0 Å². The van der Waals surface area contributed by atoms with Crippen LogP contribution in [-0.2, 0) is 9.53 Å². The number of nitrogens with two attached hydrogens (primary N) is 2. The van der Waals surface area contributed by atoms with Gasteiger partial charge in [-0.2, -0.15) is 0 Å². The molecule has 2 aliphatic heterocycles. The van der Waals surface area contributed by atoms with Crippen molar-refractivity contribution in [3.05, 3.63) is 46.8 Å². The maximum absolute atomic E-state index is 13.9. The lowest BCUT2D eigenvalue weighted by atomic mass is 10.00. The molecule has 0 radical (unpaired) electrons. The van der Waals surface area contributed by atoms with Gasteiger partial charge in [0.15, 0.2) is 0 Å². The molecule has 0 saturated carbocycles. The Hall–Kier alpha value is -3.27. The molecule has 1 fully saturated rings. The molecule has 1 saturated heterocycles. The molecule has 190 valence electrons. The van der Waals surface area contributed by atoms with Gasteiger partial charge in [-0.05, 0) is 30.5 Å². The summed E-state index contributed by atoms with van der Waals surface area (Å²) in [5.41, 5.74) is 14.4. The number of nitrogens with one attached hydrogen (secondary N) is 1. The highest BCUT2D eigenvalue weighted by Crippen LogP contribution is 2.31. The Morgan fingerprint density at radius 3 is 2.83 bits per heavy atom. The SMILES string of the molecule is CCCC(=O)N1CCC(NC2CCOC2)=C(C(N)=Nc2ccc(C(C=NC)=CN)c(C(F)F)c2)C1. The zero-order valence-electron chi connectivity index (χ0n) is 20.3. The zero-order valence-corrected chi connectivity index (χ0v) is 20.3. The van der Waals surface area contributed by atoms with Gasteiger partial charge in [0.1, 0.15) is 5.84 Å². The molecule has 1 aromatic rings. The monoisotopic (exact) mass is 488 g/mol. The molecule has 0 spiro atoms. The normalized spacial score (nSPS) is 19.8. The Morgan fingerprint density at radius 1 is 1.40 bits per heavy atom. The molecule has 3 rings (SSSR count). The number of hydrogen-bond donors (Lipinski definition) is 3. The number of benzene rings is 1. The number of alkyl halides is 2. The molecule has 1 atom stereocenters. The molecule has 2 heterocycles. The van der Waals surface area contributed by atoms with Crippen LogP contribution in [0.15, 0.2) is 45.7 Å². The molecule has 0 aliphatic carbocycles. The second kappa shape index (κ2) is 12.4. The van der Waals surface area contributed by atoms with Crippen molar-refractivity contribution in [2.45, 2.75) is 45.1 Å². The number of amides is 1. The van der Waals surface area contributed by atoms with E-state index in [0.717, 1.165) is 18.5 Å². The van der Waals surface area contributed by atoms with E-state index in [1.165, 1.54) is 24.5 Å². The van der Waals surface area contributed by atoms with Crippen molar-refractivity contribution in [3.8, 4) is 0 Å². The fourth-order valence-electron chi connectivity index (χ4n) is 4.25. The van der Waals surface area contributed by atoms with Crippen molar-refractivity contribution >= 4 is 29.2 Å². The summed E-state index contributed by atoms with van der Waals surface area (Å²) < 4.78 is 33.2. The largest absolute Gasteiger partial charge is 0.404 e. The van der Waals surface area contributed by atoms with Crippen molar-refractivity contribution in [3.63, 3.8) is 0 Å². The Morgan fingerprint density at radius 2 is 2.20 bits per heavy atom. The van der Waals surface area contributed by atoms with Gasteiger partial charge < -0.3 is 26.4 Å². The highest BCUT2D eigenvalue weighted by molar-refractivity contribution is 6.10. The number of halogens is 2. The number of carbonyl (C=O) groups is 1. The maximum atomic E-state index is 13.9. The molecule has 8 nitrogen and oxygen atoms in total. The van der Waals surface area contributed by atoms with Crippen molar-refractivity contribution in [2.24, 2.45) is 21.5 Å². The highest BCUT2D eigenvalue weighted by atomic mass is 19.3.